The molecule has 5 nitrogen and oxygen atoms in total. The Morgan fingerprint density at radius 2 is 1.82 bits per heavy atom. The summed E-state index contributed by atoms with van der Waals surface area (Å²) >= 11 is 1.96. The first-order valence-electron chi connectivity index (χ1n) is 11.5. The molecule has 4 rings (SSSR count). The lowest BCUT2D eigenvalue weighted by Crippen LogP contribution is -2.34. The average molecular weight is 555 g/mol. The zero-order valence-corrected chi connectivity index (χ0v) is 21.7. The smallest absolute Gasteiger partial charge is 0.179 e. The number of nitriles is 1. The van der Waals surface area contributed by atoms with Crippen LogP contribution in [-0.4, -0.2) is 40.5 Å². The summed E-state index contributed by atoms with van der Waals surface area (Å²) in [5, 5.41) is 10.2. The molecule has 0 unspecified atom stereocenters. The third-order valence-corrected chi connectivity index (χ3v) is 7.65. The summed E-state index contributed by atoms with van der Waals surface area (Å²) in [5.74, 6) is 0.176. The average Bonchev–Trinajstić information content (AvgIpc) is 3.10. The van der Waals surface area contributed by atoms with E-state index in [-0.39, 0.29) is 11.4 Å². The van der Waals surface area contributed by atoms with Gasteiger partial charge in [-0.3, -0.25) is 9.69 Å². The molecule has 172 valence electrons. The van der Waals surface area contributed by atoms with Crippen molar-refractivity contribution in [2.24, 2.45) is 0 Å². The van der Waals surface area contributed by atoms with E-state index in [0.29, 0.717) is 12.1 Å². The molecule has 6 heteroatoms. The molecule has 3 aromatic rings. The fraction of sp³-hybridized carbons (Fsp3) is 0.407. The van der Waals surface area contributed by atoms with Crippen LogP contribution < -0.4 is 0 Å². The Hall–Kier alpha value is -2.21. The molecular formula is C27H30IN3O2. The van der Waals surface area contributed by atoms with E-state index >= 15 is 0 Å². The van der Waals surface area contributed by atoms with Crippen molar-refractivity contribution in [2.45, 2.75) is 52.1 Å². The molecule has 0 spiro atoms. The number of aromatic nitrogens is 1. The van der Waals surface area contributed by atoms with Crippen LogP contribution in [0, 0.1) is 18.3 Å². The van der Waals surface area contributed by atoms with Crippen molar-refractivity contribution in [3.8, 4) is 11.8 Å². The third-order valence-electron chi connectivity index (χ3n) is 6.46. The highest BCUT2D eigenvalue weighted by atomic mass is 127. The van der Waals surface area contributed by atoms with Gasteiger partial charge in [0.1, 0.15) is 23.0 Å². The number of fused-ring (bicyclic) bond motifs is 1. The van der Waals surface area contributed by atoms with Gasteiger partial charge < -0.3 is 7.63 Å². The number of hydrogen-bond donors (Lipinski definition) is 0. The largest absolute Gasteiger partial charge is 0.313 e. The number of rotatable bonds is 7. The molecule has 0 amide bonds. The summed E-state index contributed by atoms with van der Waals surface area (Å²) in [6, 6.07) is 16.1. The number of ketones is 1. The summed E-state index contributed by atoms with van der Waals surface area (Å²) in [5.41, 5.74) is 5.20. The summed E-state index contributed by atoms with van der Waals surface area (Å²) in [4.78, 5) is 15.8. The number of piperidine rings is 1. The van der Waals surface area contributed by atoms with E-state index in [1.165, 1.54) is 6.42 Å². The molecule has 2 heterocycles. The van der Waals surface area contributed by atoms with E-state index in [1.807, 2.05) is 54.2 Å². The van der Waals surface area contributed by atoms with Crippen LogP contribution in [0.5, 0.6) is 0 Å². The summed E-state index contributed by atoms with van der Waals surface area (Å²) < 4.78 is 7.77. The minimum absolute atomic E-state index is 0.176. The fourth-order valence-electron chi connectivity index (χ4n) is 4.86. The molecule has 1 aliphatic rings. The molecule has 0 aliphatic carbocycles. The van der Waals surface area contributed by atoms with Crippen molar-refractivity contribution in [2.75, 3.05) is 19.6 Å². The molecule has 1 fully saturated rings. The molecule has 2 aromatic carbocycles. The van der Waals surface area contributed by atoms with E-state index < -0.39 is 0 Å². The monoisotopic (exact) mass is 555 g/mol. The summed E-state index contributed by atoms with van der Waals surface area (Å²) in [6.07, 6.45) is 4.34. The van der Waals surface area contributed by atoms with Gasteiger partial charge in [-0.15, -0.1) is 0 Å². The number of likely N-dealkylation sites (tertiary alicyclic amines) is 1. The highest BCUT2D eigenvalue weighted by Gasteiger charge is 2.25. The Bertz CT molecular complexity index is 1200. The number of halogens is 1. The van der Waals surface area contributed by atoms with E-state index in [0.717, 1.165) is 65.8 Å². The number of carbonyl (C=O) groups excluding carboxylic acids is 1. The first-order valence-corrected chi connectivity index (χ1v) is 12.4. The SMILES string of the molecule is Cc1c(C(=O)CN2CCCCC2)c2ccc(CC(C)(C)OI)cc2n1-c1ccc(C#N)cc1. The van der Waals surface area contributed by atoms with Gasteiger partial charge in [0.2, 0.25) is 0 Å². The van der Waals surface area contributed by atoms with Crippen molar-refractivity contribution in [3.05, 3.63) is 64.8 Å². The first kappa shape index (κ1) is 23.9. The maximum Gasteiger partial charge on any atom is 0.179 e. The van der Waals surface area contributed by atoms with Gasteiger partial charge in [0.15, 0.2) is 5.78 Å². The van der Waals surface area contributed by atoms with Gasteiger partial charge in [-0.1, -0.05) is 18.6 Å². The van der Waals surface area contributed by atoms with E-state index in [4.69, 9.17) is 3.07 Å². The van der Waals surface area contributed by atoms with Crippen LogP contribution in [0.2, 0.25) is 0 Å². The lowest BCUT2D eigenvalue weighted by molar-refractivity contribution is 0.0916. The summed E-state index contributed by atoms with van der Waals surface area (Å²) in [6.45, 7) is 8.62. The van der Waals surface area contributed by atoms with Crippen molar-refractivity contribution >= 4 is 39.7 Å². The number of carbonyl (C=O) groups is 1. The van der Waals surface area contributed by atoms with Gasteiger partial charge in [-0.2, -0.15) is 5.26 Å². The third kappa shape index (κ3) is 5.16. The molecular weight excluding hydrogens is 525 g/mol. The lowest BCUT2D eigenvalue weighted by Gasteiger charge is -2.25. The Labute approximate surface area is 210 Å². The summed E-state index contributed by atoms with van der Waals surface area (Å²) in [7, 11) is 0. The molecule has 33 heavy (non-hydrogen) atoms. The molecule has 0 atom stereocenters. The number of Topliss-reactive ketones (excluding diaryl/α,β-unsaturated/α-hetero) is 1. The second-order valence-corrected chi connectivity index (χ2v) is 10.0. The fourth-order valence-corrected chi connectivity index (χ4v) is 5.01. The Morgan fingerprint density at radius 1 is 1.12 bits per heavy atom. The Balaban J connectivity index is 1.82. The van der Waals surface area contributed by atoms with Crippen LogP contribution in [0.15, 0.2) is 42.5 Å². The van der Waals surface area contributed by atoms with E-state index in [1.54, 1.807) is 0 Å². The topological polar surface area (TPSA) is 58.3 Å². The second-order valence-electron chi connectivity index (χ2n) is 9.58. The minimum atomic E-state index is -0.290. The normalized spacial score (nSPS) is 15.0. The predicted molar refractivity (Wildman–Crippen MR) is 140 cm³/mol. The van der Waals surface area contributed by atoms with Crippen molar-refractivity contribution < 1.29 is 7.86 Å². The zero-order chi connectivity index (χ0) is 23.6. The predicted octanol–water partition coefficient (Wildman–Crippen LogP) is 6.17. The van der Waals surface area contributed by atoms with Crippen molar-refractivity contribution in [1.29, 1.82) is 5.26 Å². The second kappa shape index (κ2) is 9.96. The molecule has 0 N–H and O–H groups in total. The molecule has 1 aliphatic heterocycles. The standard InChI is InChI=1S/C27H30IN3O2/c1-19-26(25(32)18-30-13-5-4-6-14-30)23-12-9-21(16-27(2,3)33-28)15-24(23)31(19)22-10-7-20(17-29)8-11-22/h7-12,15H,4-6,13-14,16,18H2,1-3H3. The molecule has 0 saturated carbocycles. The van der Waals surface area contributed by atoms with Gasteiger partial charge in [-0.25, -0.2) is 0 Å². The van der Waals surface area contributed by atoms with Gasteiger partial charge >= 0.3 is 0 Å². The zero-order valence-electron chi connectivity index (χ0n) is 19.5. The first-order chi connectivity index (χ1) is 15.8. The van der Waals surface area contributed by atoms with Gasteiger partial charge in [0.25, 0.3) is 0 Å². The maximum atomic E-state index is 13.5. The van der Waals surface area contributed by atoms with Gasteiger partial charge in [0, 0.05) is 28.8 Å². The Morgan fingerprint density at radius 3 is 2.45 bits per heavy atom. The highest BCUT2D eigenvalue weighted by molar-refractivity contribution is 14.1. The van der Waals surface area contributed by atoms with E-state index in [9.17, 15) is 10.1 Å². The van der Waals surface area contributed by atoms with Crippen LogP contribution in [-0.2, 0) is 9.49 Å². The van der Waals surface area contributed by atoms with Crippen molar-refractivity contribution in [1.82, 2.24) is 9.47 Å². The van der Waals surface area contributed by atoms with Gasteiger partial charge in [-0.05, 0) is 82.6 Å². The molecule has 0 bridgehead atoms. The number of hydrogen-bond acceptors (Lipinski definition) is 4. The Kier molecular flexibility index (Phi) is 7.22. The van der Waals surface area contributed by atoms with E-state index in [2.05, 4.69) is 47.6 Å². The molecule has 0 radical (unpaired) electrons. The van der Waals surface area contributed by atoms with Crippen LogP contribution in [0.3, 0.4) is 0 Å². The molecule has 1 aromatic heterocycles. The molecule has 1 saturated heterocycles. The highest BCUT2D eigenvalue weighted by Crippen LogP contribution is 2.32. The number of nitrogens with zero attached hydrogens (tertiary/aromatic N) is 3. The minimum Gasteiger partial charge on any atom is -0.313 e. The van der Waals surface area contributed by atoms with Crippen LogP contribution >= 0.6 is 23.0 Å². The number of benzene rings is 2. The quantitative estimate of drug-likeness (QED) is 0.259. The lowest BCUT2D eigenvalue weighted by atomic mass is 9.97. The van der Waals surface area contributed by atoms with Crippen LogP contribution in [0.1, 0.15) is 60.3 Å². The maximum absolute atomic E-state index is 13.5. The van der Waals surface area contributed by atoms with Gasteiger partial charge in [0.05, 0.1) is 29.3 Å². The van der Waals surface area contributed by atoms with Crippen LogP contribution in [0.4, 0.5) is 0 Å². The van der Waals surface area contributed by atoms with Crippen LogP contribution in [0.25, 0.3) is 16.6 Å². The van der Waals surface area contributed by atoms with Crippen molar-refractivity contribution in [3.63, 3.8) is 0 Å².